The third-order valence-corrected chi connectivity index (χ3v) is 12.6. The van der Waals surface area contributed by atoms with Crippen LogP contribution in [0.1, 0.15) is 47.1 Å². The minimum absolute atomic E-state index is 0.101. The van der Waals surface area contributed by atoms with Crippen molar-refractivity contribution in [3.63, 3.8) is 0 Å². The van der Waals surface area contributed by atoms with Gasteiger partial charge in [-0.25, -0.2) is 13.1 Å². The molecule has 3 aromatic carbocycles. The molecule has 0 bridgehead atoms. The van der Waals surface area contributed by atoms with Gasteiger partial charge >= 0.3 is 0 Å². The number of nitrogens with one attached hydrogen (secondary N) is 1. The lowest BCUT2D eigenvalue weighted by molar-refractivity contribution is -0.387. The zero-order chi connectivity index (χ0) is 26.8. The minimum Gasteiger partial charge on any atom is -0.403 e. The van der Waals surface area contributed by atoms with Crippen molar-refractivity contribution in [1.29, 1.82) is 0 Å². The summed E-state index contributed by atoms with van der Waals surface area (Å²) in [6, 6.07) is 24.3. The summed E-state index contributed by atoms with van der Waals surface area (Å²) < 4.78 is 35.6. The van der Waals surface area contributed by atoms with Crippen LogP contribution in [-0.2, 0) is 21.1 Å². The van der Waals surface area contributed by atoms with Gasteiger partial charge in [-0.15, -0.1) is 0 Å². The molecule has 7 nitrogen and oxygen atoms in total. The van der Waals surface area contributed by atoms with Crippen LogP contribution in [0.25, 0.3) is 0 Å². The fraction of sp³-hybridized carbons (Fsp3) is 0.333. The van der Waals surface area contributed by atoms with Crippen LogP contribution in [0.5, 0.6) is 0 Å². The van der Waals surface area contributed by atoms with Gasteiger partial charge in [-0.2, -0.15) is 0 Å². The van der Waals surface area contributed by atoms with Gasteiger partial charge in [0.2, 0.25) is 10.0 Å². The zero-order valence-electron chi connectivity index (χ0n) is 21.6. The van der Waals surface area contributed by atoms with Crippen molar-refractivity contribution < 1.29 is 17.8 Å². The van der Waals surface area contributed by atoms with Gasteiger partial charge in [0.25, 0.3) is 14.0 Å². The third-order valence-electron chi connectivity index (χ3n) is 5.82. The predicted octanol–water partition coefficient (Wildman–Crippen LogP) is 4.75. The second kappa shape index (κ2) is 10.3. The van der Waals surface area contributed by atoms with E-state index < -0.39 is 34.5 Å². The van der Waals surface area contributed by atoms with Gasteiger partial charge in [0, 0.05) is 11.6 Å². The molecule has 0 heterocycles. The molecule has 0 saturated carbocycles. The second-order valence-electron chi connectivity index (χ2n) is 10.9. The number of nitro groups is 1. The second-order valence-corrected chi connectivity index (χ2v) is 16.8. The molecule has 0 atom stereocenters. The summed E-state index contributed by atoms with van der Waals surface area (Å²) in [5, 5.41) is 13.6. The number of rotatable bonds is 8. The Morgan fingerprint density at radius 2 is 1.36 bits per heavy atom. The Hall–Kier alpha value is -2.85. The lowest BCUT2D eigenvalue weighted by Crippen LogP contribution is -2.66. The highest BCUT2D eigenvalue weighted by atomic mass is 32.2. The molecule has 3 aromatic rings. The van der Waals surface area contributed by atoms with Crippen LogP contribution in [0.4, 0.5) is 5.69 Å². The number of hydrogen-bond acceptors (Lipinski definition) is 5. The summed E-state index contributed by atoms with van der Waals surface area (Å²) >= 11 is 0. The lowest BCUT2D eigenvalue weighted by Gasteiger charge is -2.43. The van der Waals surface area contributed by atoms with Crippen LogP contribution in [0.2, 0.25) is 5.04 Å². The Morgan fingerprint density at radius 3 is 1.78 bits per heavy atom. The van der Waals surface area contributed by atoms with Crippen LogP contribution in [0.15, 0.2) is 83.8 Å². The highest BCUT2D eigenvalue weighted by Crippen LogP contribution is 2.37. The highest BCUT2D eigenvalue weighted by molar-refractivity contribution is 7.89. The maximum Gasteiger partial charge on any atom is 0.289 e. The van der Waals surface area contributed by atoms with Gasteiger partial charge in [-0.3, -0.25) is 10.1 Å². The van der Waals surface area contributed by atoms with E-state index in [2.05, 4.69) is 49.8 Å². The van der Waals surface area contributed by atoms with Gasteiger partial charge in [0.1, 0.15) is 0 Å². The maximum absolute atomic E-state index is 13.1. The molecular weight excluding hydrogens is 492 g/mol. The van der Waals surface area contributed by atoms with Gasteiger partial charge in [-0.1, -0.05) is 81.4 Å². The van der Waals surface area contributed by atoms with Crippen molar-refractivity contribution in [2.24, 2.45) is 0 Å². The molecule has 1 N–H and O–H groups in total. The Labute approximate surface area is 214 Å². The first-order valence-electron chi connectivity index (χ1n) is 11.7. The van der Waals surface area contributed by atoms with E-state index >= 15 is 0 Å². The average molecular weight is 527 g/mol. The molecule has 9 heteroatoms. The Bertz CT molecular complexity index is 1280. The fourth-order valence-corrected chi connectivity index (χ4v) is 10.6. The molecule has 0 saturated heterocycles. The SMILES string of the molecule is CC(C)(C)NS(=O)(=O)c1cc(CO[Si](c2ccccc2)(c2ccccc2)C(C)(C)C)ccc1[N+](=O)[O-]. The molecule has 0 aliphatic rings. The standard InChI is InChI=1S/C27H34N2O5SSi/c1-26(2,3)28-35(32,33)25-19-21(17-18-24(25)29(30)31)20-34-36(27(4,5)6,22-13-9-7-10-14-22)23-15-11-8-12-16-23/h7-19,28H,20H2,1-6H3. The molecule has 0 aliphatic heterocycles. The van der Waals surface area contributed by atoms with Crippen molar-refractivity contribution >= 4 is 34.4 Å². The van der Waals surface area contributed by atoms with E-state index in [4.69, 9.17) is 4.43 Å². The van der Waals surface area contributed by atoms with Gasteiger partial charge in [0.15, 0.2) is 4.90 Å². The molecule has 0 aromatic heterocycles. The molecule has 0 fully saturated rings. The maximum atomic E-state index is 13.1. The Morgan fingerprint density at radius 1 is 0.861 bits per heavy atom. The van der Waals surface area contributed by atoms with E-state index in [0.717, 1.165) is 10.4 Å². The van der Waals surface area contributed by atoms with Crippen molar-refractivity contribution in [2.45, 2.75) is 63.6 Å². The van der Waals surface area contributed by atoms with E-state index in [1.165, 1.54) is 12.1 Å². The molecule has 0 amide bonds. The number of sulfonamides is 1. The Balaban J connectivity index is 2.12. The van der Waals surface area contributed by atoms with Crippen molar-refractivity contribution in [3.8, 4) is 0 Å². The first-order chi connectivity index (χ1) is 16.7. The Kier molecular flexibility index (Phi) is 7.90. The summed E-state index contributed by atoms with van der Waals surface area (Å²) in [4.78, 5) is 10.6. The molecular formula is C27H34N2O5SSi. The molecule has 0 radical (unpaired) electrons. The quantitative estimate of drug-likeness (QED) is 0.260. The van der Waals surface area contributed by atoms with E-state index in [1.54, 1.807) is 26.8 Å². The average Bonchev–Trinajstić information content (AvgIpc) is 2.78. The fourth-order valence-electron chi connectivity index (χ4n) is 4.43. The van der Waals surface area contributed by atoms with E-state index in [-0.39, 0.29) is 16.5 Å². The molecule has 192 valence electrons. The molecule has 0 unspecified atom stereocenters. The van der Waals surface area contributed by atoms with Crippen molar-refractivity contribution in [2.75, 3.05) is 0 Å². The first-order valence-corrected chi connectivity index (χ1v) is 15.1. The zero-order valence-corrected chi connectivity index (χ0v) is 23.4. The number of benzene rings is 3. The van der Waals surface area contributed by atoms with Crippen molar-refractivity contribution in [1.82, 2.24) is 4.72 Å². The smallest absolute Gasteiger partial charge is 0.289 e. The summed E-state index contributed by atoms with van der Waals surface area (Å²) in [6.07, 6.45) is 0. The van der Waals surface area contributed by atoms with Gasteiger partial charge in [-0.05, 0) is 53.9 Å². The third kappa shape index (κ3) is 5.92. The van der Waals surface area contributed by atoms with Crippen LogP contribution in [0.3, 0.4) is 0 Å². The lowest BCUT2D eigenvalue weighted by atomic mass is 10.1. The predicted molar refractivity (Wildman–Crippen MR) is 146 cm³/mol. The van der Waals surface area contributed by atoms with Gasteiger partial charge in [0.05, 0.1) is 11.5 Å². The highest BCUT2D eigenvalue weighted by Gasteiger charge is 2.50. The summed E-state index contributed by atoms with van der Waals surface area (Å²) in [5.74, 6) is 0. The van der Waals surface area contributed by atoms with E-state index in [1.807, 2.05) is 36.4 Å². The monoisotopic (exact) mass is 526 g/mol. The van der Waals surface area contributed by atoms with Crippen LogP contribution in [-0.4, -0.2) is 27.2 Å². The van der Waals surface area contributed by atoms with E-state index in [9.17, 15) is 18.5 Å². The molecule has 0 spiro atoms. The van der Waals surface area contributed by atoms with Crippen LogP contribution < -0.4 is 15.1 Å². The molecule has 0 aliphatic carbocycles. The first kappa shape index (κ1) is 27.7. The number of nitro benzene ring substituents is 1. The normalized spacial score (nSPS) is 12.9. The summed E-state index contributed by atoms with van der Waals surface area (Å²) in [6.45, 7) is 11.6. The summed E-state index contributed by atoms with van der Waals surface area (Å²) in [7, 11) is -7.01. The summed E-state index contributed by atoms with van der Waals surface area (Å²) in [5.41, 5.74) is -0.725. The molecule has 36 heavy (non-hydrogen) atoms. The van der Waals surface area contributed by atoms with Crippen molar-refractivity contribution in [3.05, 3.63) is 94.5 Å². The van der Waals surface area contributed by atoms with Gasteiger partial charge < -0.3 is 4.43 Å². The largest absolute Gasteiger partial charge is 0.403 e. The van der Waals surface area contributed by atoms with E-state index in [0.29, 0.717) is 5.56 Å². The topological polar surface area (TPSA) is 98.5 Å². The number of nitrogens with zero attached hydrogens (tertiary/aromatic N) is 1. The molecule has 3 rings (SSSR count). The number of hydrogen-bond donors (Lipinski definition) is 1. The minimum atomic E-state index is -4.14. The van der Waals surface area contributed by atoms with Crippen LogP contribution in [0, 0.1) is 10.1 Å². The van der Waals surface area contributed by atoms with Crippen LogP contribution >= 0.6 is 0 Å².